The van der Waals surface area contributed by atoms with Crippen molar-refractivity contribution in [3.05, 3.63) is 120 Å². The van der Waals surface area contributed by atoms with E-state index in [9.17, 15) is 65.2 Å². The van der Waals surface area contributed by atoms with Gasteiger partial charge in [-0.05, 0) is 53.6 Å². The molecule has 5 aromatic rings. The van der Waals surface area contributed by atoms with Crippen LogP contribution in [-0.2, 0) is 42.0 Å². The number of halogens is 5. The first-order valence-corrected chi connectivity index (χ1v) is 19.7. The summed E-state index contributed by atoms with van der Waals surface area (Å²) in [7, 11) is -4.18. The van der Waals surface area contributed by atoms with Gasteiger partial charge in [0.2, 0.25) is 22.0 Å². The van der Waals surface area contributed by atoms with Crippen LogP contribution >= 0.6 is 0 Å². The van der Waals surface area contributed by atoms with Crippen LogP contribution in [0.2, 0.25) is 0 Å². The predicted octanol–water partition coefficient (Wildman–Crippen LogP) is 1.51. The van der Waals surface area contributed by atoms with Gasteiger partial charge in [-0.3, -0.25) is 9.59 Å². The van der Waals surface area contributed by atoms with Crippen molar-refractivity contribution in [3.63, 3.8) is 0 Å². The Kier molecular flexibility index (Phi) is 14.8. The number of amides is 2. The number of imidazole rings is 1. The van der Waals surface area contributed by atoms with Crippen LogP contribution in [0.5, 0.6) is 5.75 Å². The Bertz CT molecular complexity index is 2590. The summed E-state index contributed by atoms with van der Waals surface area (Å²) < 4.78 is 99.2. The Morgan fingerprint density at radius 1 is 0.857 bits per heavy atom. The summed E-state index contributed by atoms with van der Waals surface area (Å²) in [5.74, 6) is -7.29. The summed E-state index contributed by atoms with van der Waals surface area (Å²) in [4.78, 5) is 45.3. The normalized spacial score (nSPS) is 18.8. The molecule has 0 spiro atoms. The summed E-state index contributed by atoms with van der Waals surface area (Å²) in [6.07, 6.45) is -9.29. The topological polar surface area (TPSA) is 280 Å². The lowest BCUT2D eigenvalue weighted by atomic mass is 9.99. The number of alkyl halides is 3. The van der Waals surface area contributed by atoms with E-state index in [0.717, 1.165) is 12.1 Å². The number of nitrogens with one attached hydrogen (secondary N) is 2. The molecule has 18 nitrogen and oxygen atoms in total. The minimum Gasteiger partial charge on any atom is -0.479 e. The second-order valence-corrected chi connectivity index (χ2v) is 15.6. The third-order valence-corrected chi connectivity index (χ3v) is 10.8. The minimum absolute atomic E-state index is 0.0279. The van der Waals surface area contributed by atoms with Crippen molar-refractivity contribution >= 4 is 44.9 Å². The number of ether oxygens (including phenoxy) is 2. The van der Waals surface area contributed by atoms with Crippen LogP contribution in [-0.4, -0.2) is 106 Å². The lowest BCUT2D eigenvalue weighted by Gasteiger charge is -2.38. The number of carboxylic acid groups (broad SMARTS) is 2. The zero-order valence-corrected chi connectivity index (χ0v) is 33.0. The molecular formula is C39H37F5N5O13S+. The van der Waals surface area contributed by atoms with Crippen molar-refractivity contribution in [2.24, 2.45) is 5.73 Å². The number of anilines is 1. The van der Waals surface area contributed by atoms with Crippen molar-refractivity contribution < 1.29 is 89.1 Å². The fraction of sp³-hybridized carbons (Fsp3) is 0.256. The highest BCUT2D eigenvalue weighted by atomic mass is 32.2. The molecule has 24 heteroatoms. The molecule has 2 amide bonds. The number of carbonyl (C=O) groups is 4. The Morgan fingerprint density at radius 3 is 2.10 bits per heavy atom. The third-order valence-electron chi connectivity index (χ3n) is 9.09. The Labute approximate surface area is 352 Å². The van der Waals surface area contributed by atoms with Crippen LogP contribution < -0.4 is 25.7 Å². The number of aromatic nitrogens is 2. The predicted molar refractivity (Wildman–Crippen MR) is 203 cm³/mol. The molecule has 1 saturated heterocycles. The molecule has 2 aromatic heterocycles. The Hall–Kier alpha value is -6.57. The number of carbonyl (C=O) groups excluding carboxylic acids is 2. The van der Waals surface area contributed by atoms with Crippen molar-refractivity contribution in [1.82, 2.24) is 9.72 Å². The number of nitrogens with two attached hydrogens (primary N) is 1. The Morgan fingerprint density at radius 2 is 1.49 bits per heavy atom. The van der Waals surface area contributed by atoms with Crippen LogP contribution in [0.15, 0.2) is 101 Å². The van der Waals surface area contributed by atoms with Gasteiger partial charge in [0.1, 0.15) is 60.8 Å². The second kappa shape index (κ2) is 19.6. The number of hydrogen-bond donors (Lipinski definition) is 8. The van der Waals surface area contributed by atoms with E-state index in [1.807, 2.05) is 4.57 Å². The van der Waals surface area contributed by atoms with E-state index in [1.54, 1.807) is 47.3 Å². The number of carboxylic acids is 2. The molecule has 1 fully saturated rings. The summed E-state index contributed by atoms with van der Waals surface area (Å²) in [6.45, 7) is 0.360. The molecule has 6 rings (SSSR count). The summed E-state index contributed by atoms with van der Waals surface area (Å²) in [6, 6.07) is 15.6. The zero-order valence-electron chi connectivity index (χ0n) is 32.1. The van der Waals surface area contributed by atoms with E-state index in [0.29, 0.717) is 28.4 Å². The lowest BCUT2D eigenvalue weighted by molar-refractivity contribution is -0.661. The van der Waals surface area contributed by atoms with Crippen molar-refractivity contribution in [3.8, 4) is 5.75 Å². The van der Waals surface area contributed by atoms with Gasteiger partial charge in [0.05, 0.1) is 21.0 Å². The third kappa shape index (κ3) is 11.7. The number of fused-ring (bicyclic) bond motifs is 1. The maximum Gasteiger partial charge on any atom is 0.490 e. The molecular weight excluding hydrogens is 874 g/mol. The van der Waals surface area contributed by atoms with Gasteiger partial charge >= 0.3 is 18.1 Å². The van der Waals surface area contributed by atoms with E-state index in [4.69, 9.17) is 25.1 Å². The first-order chi connectivity index (χ1) is 29.6. The van der Waals surface area contributed by atoms with Gasteiger partial charge in [0.15, 0.2) is 6.10 Å². The number of sulfone groups is 1. The quantitative estimate of drug-likeness (QED) is 0.0615. The van der Waals surface area contributed by atoms with Gasteiger partial charge in [0.25, 0.3) is 11.6 Å². The molecule has 0 bridgehead atoms. The summed E-state index contributed by atoms with van der Waals surface area (Å²) in [5, 5.41) is 52.6. The van der Waals surface area contributed by atoms with Crippen LogP contribution in [0.3, 0.4) is 0 Å². The molecule has 0 saturated carbocycles. The highest BCUT2D eigenvalue weighted by molar-refractivity contribution is 7.91. The monoisotopic (exact) mass is 910 g/mol. The van der Waals surface area contributed by atoms with Gasteiger partial charge < -0.3 is 51.4 Å². The zero-order chi connectivity index (χ0) is 46.4. The van der Waals surface area contributed by atoms with Gasteiger partial charge in [-0.2, -0.15) is 13.2 Å². The maximum absolute atomic E-state index is 13.6. The number of hydrogen-bond acceptors (Lipinski definition) is 12. The lowest BCUT2D eigenvalue weighted by Crippen LogP contribution is -2.61. The van der Waals surface area contributed by atoms with Crippen molar-refractivity contribution in [2.75, 3.05) is 11.9 Å². The number of benzene rings is 3. The van der Waals surface area contributed by atoms with Gasteiger partial charge in [-0.15, -0.1) is 0 Å². The van der Waals surface area contributed by atoms with Crippen LogP contribution in [0.4, 0.5) is 27.6 Å². The second-order valence-electron chi connectivity index (χ2n) is 13.6. The fourth-order valence-electron chi connectivity index (χ4n) is 5.95. The van der Waals surface area contributed by atoms with Crippen LogP contribution in [0.25, 0.3) is 5.65 Å². The molecule has 63 heavy (non-hydrogen) atoms. The number of aliphatic hydroxyl groups is 3. The number of aliphatic hydroxyl groups excluding tert-OH is 3. The molecule has 9 N–H and O–H groups in total. The average Bonchev–Trinajstić information content (AvgIpc) is 3.62. The molecule has 3 heterocycles. The van der Waals surface area contributed by atoms with Crippen LogP contribution in [0.1, 0.15) is 27.9 Å². The highest BCUT2D eigenvalue weighted by Crippen LogP contribution is 2.31. The number of pyridine rings is 1. The van der Waals surface area contributed by atoms with E-state index in [1.165, 1.54) is 30.3 Å². The molecule has 0 radical (unpaired) electrons. The van der Waals surface area contributed by atoms with Gasteiger partial charge in [-0.25, -0.2) is 35.8 Å². The first kappa shape index (κ1) is 47.5. The van der Waals surface area contributed by atoms with Crippen molar-refractivity contribution in [1.29, 1.82) is 0 Å². The molecule has 1 aliphatic rings. The SMILES string of the molecule is NCCC(=O)Nc1cc(C[n+]2ccn3cc(C(=O)NCc4ccc(S(=O)(=O)c5cc(F)cc(F)c5)cc4)ccc32)ccc1O[C@@H]1O[C@H](C(=O)O)[C@@H](O)[C@H](O)[C@H]1O.O=C(O)C(F)(F)F. The highest BCUT2D eigenvalue weighted by Gasteiger charge is 2.48. The molecule has 0 unspecified atom stereocenters. The van der Waals surface area contributed by atoms with Gasteiger partial charge in [0, 0.05) is 31.6 Å². The number of nitrogens with zero attached hydrogens (tertiary/aromatic N) is 2. The number of aliphatic carboxylic acids is 2. The maximum atomic E-state index is 13.6. The molecule has 5 atom stereocenters. The standard InChI is InChI=1S/C37H35F2N5O11S.C2HF3O2/c38-23-14-24(39)16-26(15-23)56(52,53)25-5-1-20(2-6-25)17-41-35(49)22-4-8-30-43(11-12-44(30)19-22)18-21-3-7-28(27(13-21)42-29(45)9-10-40)54-37-33(48)31(46)32(47)34(55-37)36(50)51;3-2(4,5)1(6)7/h1-8,11-16,19,31-34,37,46-48H,9-10,17-18,40H2,(H2-,41,42,45,49,50,51);(H,6,7)/p+1/t31-,32-,33+,34-,37+;/m0./s1. The summed E-state index contributed by atoms with van der Waals surface area (Å²) in [5.41, 5.74) is 7.88. The minimum atomic E-state index is -5.08. The summed E-state index contributed by atoms with van der Waals surface area (Å²) >= 11 is 0. The van der Waals surface area contributed by atoms with E-state index < -0.39 is 87.0 Å². The van der Waals surface area contributed by atoms with E-state index in [-0.39, 0.29) is 42.4 Å². The number of rotatable bonds is 13. The van der Waals surface area contributed by atoms with Gasteiger partial charge in [-0.1, -0.05) is 18.2 Å². The van der Waals surface area contributed by atoms with Crippen molar-refractivity contribution in [2.45, 2.75) is 66.2 Å². The fourth-order valence-corrected chi connectivity index (χ4v) is 7.25. The average molecular weight is 911 g/mol. The van der Waals surface area contributed by atoms with Crippen LogP contribution in [0, 0.1) is 11.6 Å². The first-order valence-electron chi connectivity index (χ1n) is 18.2. The smallest absolute Gasteiger partial charge is 0.479 e. The van der Waals surface area contributed by atoms with E-state index in [2.05, 4.69) is 10.6 Å². The molecule has 336 valence electrons. The van der Waals surface area contributed by atoms with E-state index >= 15 is 0 Å². The largest absolute Gasteiger partial charge is 0.490 e. The molecule has 3 aromatic carbocycles. The Balaban J connectivity index is 0.000000985. The molecule has 0 aliphatic carbocycles. The molecule has 1 aliphatic heterocycles.